The van der Waals surface area contributed by atoms with Gasteiger partial charge in [-0.3, -0.25) is 9.59 Å². The highest BCUT2D eigenvalue weighted by Crippen LogP contribution is 2.37. The first-order chi connectivity index (χ1) is 10.1. The molecule has 7 nitrogen and oxygen atoms in total. The fraction of sp³-hybridized carbons (Fsp3) is 0.385. The van der Waals surface area contributed by atoms with E-state index in [0.717, 1.165) is 6.07 Å². The van der Waals surface area contributed by atoms with E-state index in [0.29, 0.717) is 40.4 Å². The lowest BCUT2D eigenvalue weighted by atomic mass is 10.2. The Hall–Kier alpha value is -2.06. The van der Waals surface area contributed by atoms with Gasteiger partial charge in [0.2, 0.25) is 0 Å². The summed E-state index contributed by atoms with van der Waals surface area (Å²) in [6.45, 7) is 1.03. The summed E-state index contributed by atoms with van der Waals surface area (Å²) >= 11 is 1.21. The fourth-order valence-corrected chi connectivity index (χ4v) is 3.00. The van der Waals surface area contributed by atoms with Gasteiger partial charge >= 0.3 is 0 Å². The SMILES string of the molecule is CNc1sc2c(O)cc(=O)[nH]c2c1C(=O)NCCCOC. The van der Waals surface area contributed by atoms with Gasteiger partial charge in [0.1, 0.15) is 10.8 Å². The number of rotatable bonds is 6. The quantitative estimate of drug-likeness (QED) is 0.598. The number of anilines is 1. The van der Waals surface area contributed by atoms with Crippen molar-refractivity contribution >= 4 is 32.5 Å². The molecular formula is C13H17N3O4S. The van der Waals surface area contributed by atoms with E-state index in [2.05, 4.69) is 15.6 Å². The van der Waals surface area contributed by atoms with Gasteiger partial charge in [0.25, 0.3) is 11.5 Å². The number of hydrogen-bond acceptors (Lipinski definition) is 6. The number of H-pyrrole nitrogens is 1. The van der Waals surface area contributed by atoms with Gasteiger partial charge in [-0.05, 0) is 6.42 Å². The molecule has 0 fully saturated rings. The number of nitrogens with one attached hydrogen (secondary N) is 3. The molecule has 0 aliphatic rings. The van der Waals surface area contributed by atoms with E-state index in [-0.39, 0.29) is 11.7 Å². The predicted molar refractivity (Wildman–Crippen MR) is 82.5 cm³/mol. The molecular weight excluding hydrogens is 294 g/mol. The molecule has 0 saturated heterocycles. The standard InChI is InChI=1S/C13H17N3O4S/c1-14-13-9(12(19)15-4-3-5-20-2)10-11(21-13)7(17)6-8(18)16-10/h6,14H,3-5H2,1-2H3,(H,15,19)(H2,16,17,18). The zero-order valence-corrected chi connectivity index (χ0v) is 12.6. The van der Waals surface area contributed by atoms with Crippen LogP contribution in [0.25, 0.3) is 10.2 Å². The number of aromatic hydroxyl groups is 1. The normalized spacial score (nSPS) is 10.8. The maximum Gasteiger partial charge on any atom is 0.256 e. The Labute approximate surface area is 124 Å². The van der Waals surface area contributed by atoms with Gasteiger partial charge in [-0.25, -0.2) is 0 Å². The molecule has 21 heavy (non-hydrogen) atoms. The van der Waals surface area contributed by atoms with Crippen LogP contribution in [0.4, 0.5) is 5.00 Å². The number of hydrogen-bond donors (Lipinski definition) is 4. The summed E-state index contributed by atoms with van der Waals surface area (Å²) in [6, 6.07) is 1.10. The number of methoxy groups -OCH3 is 1. The van der Waals surface area contributed by atoms with E-state index in [1.807, 2.05) is 0 Å². The minimum atomic E-state index is -0.450. The van der Waals surface area contributed by atoms with E-state index in [1.165, 1.54) is 11.3 Å². The zero-order chi connectivity index (χ0) is 15.4. The van der Waals surface area contributed by atoms with E-state index in [9.17, 15) is 14.7 Å². The van der Waals surface area contributed by atoms with Crippen molar-refractivity contribution in [3.8, 4) is 5.75 Å². The lowest BCUT2D eigenvalue weighted by Crippen LogP contribution is -2.26. The van der Waals surface area contributed by atoms with Crippen LogP contribution in [-0.2, 0) is 4.74 Å². The largest absolute Gasteiger partial charge is 0.506 e. The van der Waals surface area contributed by atoms with Crippen molar-refractivity contribution in [1.82, 2.24) is 10.3 Å². The maximum absolute atomic E-state index is 12.3. The Kier molecular flexibility index (Phi) is 4.81. The second-order valence-corrected chi connectivity index (χ2v) is 5.40. The van der Waals surface area contributed by atoms with Crippen LogP contribution in [0.5, 0.6) is 5.75 Å². The summed E-state index contributed by atoms with van der Waals surface area (Å²) in [5.41, 5.74) is 0.232. The number of amides is 1. The summed E-state index contributed by atoms with van der Waals surface area (Å²) in [7, 11) is 3.28. The van der Waals surface area contributed by atoms with Crippen molar-refractivity contribution in [3.05, 3.63) is 22.0 Å². The number of ether oxygens (including phenoxy) is 1. The summed E-state index contributed by atoms with van der Waals surface area (Å²) in [5.74, 6) is -0.434. The number of thiophene rings is 1. The summed E-state index contributed by atoms with van der Waals surface area (Å²) in [5, 5.41) is 16.1. The average Bonchev–Trinajstić information content (AvgIpc) is 2.82. The van der Waals surface area contributed by atoms with Crippen LogP contribution < -0.4 is 16.2 Å². The molecule has 0 radical (unpaired) electrons. The van der Waals surface area contributed by atoms with Gasteiger partial charge in [0, 0.05) is 33.4 Å². The fourth-order valence-electron chi connectivity index (χ4n) is 1.98. The Morgan fingerprint density at radius 3 is 2.95 bits per heavy atom. The van der Waals surface area contributed by atoms with Crippen LogP contribution in [0, 0.1) is 0 Å². The maximum atomic E-state index is 12.3. The highest BCUT2D eigenvalue weighted by molar-refractivity contribution is 7.23. The third-order valence-electron chi connectivity index (χ3n) is 2.92. The number of aromatic nitrogens is 1. The lowest BCUT2D eigenvalue weighted by Gasteiger charge is -2.06. The highest BCUT2D eigenvalue weighted by Gasteiger charge is 2.21. The lowest BCUT2D eigenvalue weighted by molar-refractivity contribution is 0.0951. The van der Waals surface area contributed by atoms with Crippen molar-refractivity contribution in [3.63, 3.8) is 0 Å². The smallest absolute Gasteiger partial charge is 0.256 e. The molecule has 0 aliphatic heterocycles. The summed E-state index contributed by atoms with van der Waals surface area (Å²) < 4.78 is 5.39. The van der Waals surface area contributed by atoms with E-state index >= 15 is 0 Å². The zero-order valence-electron chi connectivity index (χ0n) is 11.8. The second kappa shape index (κ2) is 6.59. The van der Waals surface area contributed by atoms with Crippen LogP contribution in [0.2, 0.25) is 0 Å². The molecule has 0 aliphatic carbocycles. The summed E-state index contributed by atoms with van der Waals surface area (Å²) in [4.78, 5) is 26.4. The van der Waals surface area contributed by atoms with Crippen LogP contribution in [0.1, 0.15) is 16.8 Å². The van der Waals surface area contributed by atoms with Crippen LogP contribution in [-0.4, -0.2) is 43.3 Å². The van der Waals surface area contributed by atoms with E-state index in [1.54, 1.807) is 14.2 Å². The first kappa shape index (κ1) is 15.3. The van der Waals surface area contributed by atoms with Gasteiger partial charge in [-0.15, -0.1) is 11.3 Å². The van der Waals surface area contributed by atoms with Crippen molar-refractivity contribution in [2.24, 2.45) is 0 Å². The average molecular weight is 311 g/mol. The second-order valence-electron chi connectivity index (χ2n) is 4.38. The first-order valence-electron chi connectivity index (χ1n) is 6.42. The van der Waals surface area contributed by atoms with Gasteiger partial charge < -0.3 is 25.5 Å². The molecule has 2 rings (SSSR count). The van der Waals surface area contributed by atoms with Crippen LogP contribution in [0.3, 0.4) is 0 Å². The van der Waals surface area contributed by atoms with E-state index < -0.39 is 5.56 Å². The Morgan fingerprint density at radius 1 is 1.52 bits per heavy atom. The third kappa shape index (κ3) is 3.17. The van der Waals surface area contributed by atoms with Crippen molar-refractivity contribution < 1.29 is 14.6 Å². The number of pyridine rings is 1. The van der Waals surface area contributed by atoms with Crippen LogP contribution >= 0.6 is 11.3 Å². The predicted octanol–water partition coefficient (Wildman–Crippen LogP) is 1.10. The molecule has 2 aromatic heterocycles. The number of fused-ring (bicyclic) bond motifs is 1. The van der Waals surface area contributed by atoms with Crippen molar-refractivity contribution in [1.29, 1.82) is 0 Å². The van der Waals surface area contributed by atoms with Gasteiger partial charge in [-0.2, -0.15) is 0 Å². The third-order valence-corrected chi connectivity index (χ3v) is 4.15. The molecule has 114 valence electrons. The van der Waals surface area contributed by atoms with Gasteiger partial charge in [0.05, 0.1) is 15.8 Å². The first-order valence-corrected chi connectivity index (χ1v) is 7.23. The number of aromatic amines is 1. The minimum Gasteiger partial charge on any atom is -0.506 e. The molecule has 0 saturated carbocycles. The summed E-state index contributed by atoms with van der Waals surface area (Å²) in [6.07, 6.45) is 0.695. The van der Waals surface area contributed by atoms with E-state index in [4.69, 9.17) is 4.74 Å². The molecule has 0 atom stereocenters. The molecule has 0 aromatic carbocycles. The number of carbonyl (C=O) groups excluding carboxylic acids is 1. The van der Waals surface area contributed by atoms with Crippen molar-refractivity contribution in [2.45, 2.75) is 6.42 Å². The minimum absolute atomic E-state index is 0.131. The Morgan fingerprint density at radius 2 is 2.29 bits per heavy atom. The van der Waals surface area contributed by atoms with Gasteiger partial charge in [-0.1, -0.05) is 0 Å². The molecule has 8 heteroatoms. The molecule has 4 N–H and O–H groups in total. The number of carbonyl (C=O) groups is 1. The monoisotopic (exact) mass is 311 g/mol. The van der Waals surface area contributed by atoms with Crippen LogP contribution in [0.15, 0.2) is 10.9 Å². The molecule has 2 heterocycles. The molecule has 1 amide bonds. The highest BCUT2D eigenvalue weighted by atomic mass is 32.1. The molecule has 0 bridgehead atoms. The molecule has 2 aromatic rings. The van der Waals surface area contributed by atoms with Gasteiger partial charge in [0.15, 0.2) is 0 Å². The molecule has 0 unspecified atom stereocenters. The Balaban J connectivity index is 2.37. The molecule has 0 spiro atoms. The topological polar surface area (TPSA) is 103 Å². The van der Waals surface area contributed by atoms with Crippen molar-refractivity contribution in [2.75, 3.05) is 32.6 Å². The Bertz CT molecular complexity index is 707.